The first-order valence-corrected chi connectivity index (χ1v) is 19.0. The molecule has 0 N–H and O–H groups in total. The SMILES string of the molecule is CC(C)(C)c1[c-]c2c(cc1)-c1ccc(C(C)(C)C)cc1C2.CCC1=[C-]C(CC)C=C1C(C)(C)C.[Zr+2]=[C](c1ccccc1)c1ccccc1. The standard InChI is InChI=1S/C21H25.C13H10.C13H21.Zr/c1-20(2,3)16-7-9-18-14(12-16)11-15-13-17(21(4,5)6)8-10-19(15)18;1-3-7-12(8-4-1)11-13-9-5-2-6-10-13;1-6-10-8-11(7-2)12(9-10)13(3,4)5;/h7-10,12H,11H2,1-6H3;1-10H;9-10H,6-7H2,1-5H3;/q-1;;-1;+2. The Labute approximate surface area is 308 Å². The van der Waals surface area contributed by atoms with Gasteiger partial charge in [0.1, 0.15) is 0 Å². The molecular formula is C47H56Zr. The van der Waals surface area contributed by atoms with Crippen molar-refractivity contribution < 1.29 is 24.2 Å². The molecule has 4 aromatic rings. The average molecular weight is 712 g/mol. The van der Waals surface area contributed by atoms with Crippen molar-refractivity contribution >= 4 is 3.21 Å². The fourth-order valence-electron chi connectivity index (χ4n) is 6.26. The van der Waals surface area contributed by atoms with Crippen LogP contribution in [0.1, 0.15) is 122 Å². The molecule has 1 atom stereocenters. The molecule has 0 radical (unpaired) electrons. The fraction of sp³-hybridized carbons (Fsp3) is 0.383. The molecule has 0 aliphatic heterocycles. The van der Waals surface area contributed by atoms with E-state index in [1.165, 1.54) is 89.5 Å². The van der Waals surface area contributed by atoms with E-state index in [0.717, 1.165) is 12.8 Å². The van der Waals surface area contributed by atoms with Gasteiger partial charge in [0.05, 0.1) is 0 Å². The van der Waals surface area contributed by atoms with Crippen LogP contribution in [0.2, 0.25) is 0 Å². The fourth-order valence-corrected chi connectivity index (χ4v) is 7.08. The van der Waals surface area contributed by atoms with Gasteiger partial charge in [-0.3, -0.25) is 6.08 Å². The number of allylic oxidation sites excluding steroid dienone is 4. The summed E-state index contributed by atoms with van der Waals surface area (Å²) in [5.74, 6) is 0.573. The Morgan fingerprint density at radius 3 is 1.71 bits per heavy atom. The van der Waals surface area contributed by atoms with Crippen molar-refractivity contribution in [1.29, 1.82) is 0 Å². The zero-order valence-corrected chi connectivity index (χ0v) is 33.9. The van der Waals surface area contributed by atoms with E-state index in [0.29, 0.717) is 11.3 Å². The summed E-state index contributed by atoms with van der Waals surface area (Å²) < 4.78 is 1.42. The van der Waals surface area contributed by atoms with Crippen molar-refractivity contribution in [2.45, 2.75) is 106 Å². The Kier molecular flexibility index (Phi) is 12.5. The average Bonchev–Trinajstić information content (AvgIpc) is 3.66. The molecule has 0 saturated heterocycles. The van der Waals surface area contributed by atoms with Crippen LogP contribution < -0.4 is 0 Å². The topological polar surface area (TPSA) is 0 Å². The molecule has 1 unspecified atom stereocenters. The Morgan fingerprint density at radius 1 is 0.688 bits per heavy atom. The van der Waals surface area contributed by atoms with Crippen molar-refractivity contribution in [3.05, 3.63) is 154 Å². The molecule has 0 nitrogen and oxygen atoms in total. The van der Waals surface area contributed by atoms with Crippen molar-refractivity contribution in [3.8, 4) is 11.1 Å². The maximum absolute atomic E-state index is 3.67. The molecule has 0 saturated carbocycles. The number of hydrogen-bond acceptors (Lipinski definition) is 0. The number of fused-ring (bicyclic) bond motifs is 3. The minimum atomic E-state index is 0.167. The molecule has 0 fully saturated rings. The summed E-state index contributed by atoms with van der Waals surface area (Å²) in [7, 11) is 0. The zero-order chi connectivity index (χ0) is 35.3. The molecular weight excluding hydrogens is 656 g/mol. The number of benzene rings is 4. The van der Waals surface area contributed by atoms with Gasteiger partial charge in [-0.1, -0.05) is 124 Å². The van der Waals surface area contributed by atoms with Gasteiger partial charge in [-0.2, -0.15) is 35.4 Å². The van der Waals surface area contributed by atoms with Gasteiger partial charge in [-0.25, -0.2) is 5.57 Å². The number of rotatable bonds is 4. The van der Waals surface area contributed by atoms with E-state index in [1.54, 1.807) is 0 Å². The summed E-state index contributed by atoms with van der Waals surface area (Å²) >= 11 is 1.46. The summed E-state index contributed by atoms with van der Waals surface area (Å²) in [6.07, 6.45) is 9.31. The van der Waals surface area contributed by atoms with E-state index in [4.69, 9.17) is 0 Å². The van der Waals surface area contributed by atoms with Crippen molar-refractivity contribution in [3.63, 3.8) is 0 Å². The summed E-state index contributed by atoms with van der Waals surface area (Å²) in [5, 5.41) is 0. The second kappa shape index (κ2) is 15.8. The van der Waals surface area contributed by atoms with Gasteiger partial charge in [0.15, 0.2) is 0 Å². The van der Waals surface area contributed by atoms with Crippen LogP contribution in [0.3, 0.4) is 0 Å². The van der Waals surface area contributed by atoms with Gasteiger partial charge in [0.2, 0.25) is 0 Å². The zero-order valence-electron chi connectivity index (χ0n) is 31.4. The second-order valence-electron chi connectivity index (χ2n) is 16.2. The summed E-state index contributed by atoms with van der Waals surface area (Å²) in [6, 6.07) is 36.3. The monoisotopic (exact) mass is 710 g/mol. The van der Waals surface area contributed by atoms with Crippen LogP contribution in [0.15, 0.2) is 108 Å². The number of hydrogen-bond donors (Lipinski definition) is 0. The van der Waals surface area contributed by atoms with E-state index >= 15 is 0 Å². The molecule has 2 aliphatic carbocycles. The predicted octanol–water partition coefficient (Wildman–Crippen LogP) is 12.6. The molecule has 0 heterocycles. The Morgan fingerprint density at radius 2 is 1.25 bits per heavy atom. The molecule has 2 aliphatic rings. The van der Waals surface area contributed by atoms with Gasteiger partial charge >= 0.3 is 99.2 Å². The van der Waals surface area contributed by atoms with Gasteiger partial charge in [-0.05, 0) is 28.4 Å². The van der Waals surface area contributed by atoms with Crippen LogP contribution in [-0.2, 0) is 41.5 Å². The van der Waals surface area contributed by atoms with E-state index in [1.807, 2.05) is 0 Å². The Balaban J connectivity index is 0.000000170. The summed E-state index contributed by atoms with van der Waals surface area (Å²) in [4.78, 5) is 0. The van der Waals surface area contributed by atoms with Crippen LogP contribution in [-0.4, -0.2) is 3.21 Å². The molecule has 4 aromatic carbocycles. The third kappa shape index (κ3) is 9.63. The first-order chi connectivity index (χ1) is 22.5. The van der Waals surface area contributed by atoms with E-state index < -0.39 is 0 Å². The molecule has 0 aromatic heterocycles. The van der Waals surface area contributed by atoms with Crippen LogP contribution in [0.25, 0.3) is 11.1 Å². The predicted molar refractivity (Wildman–Crippen MR) is 205 cm³/mol. The van der Waals surface area contributed by atoms with Crippen LogP contribution in [0.4, 0.5) is 0 Å². The van der Waals surface area contributed by atoms with Crippen LogP contribution in [0.5, 0.6) is 0 Å². The van der Waals surface area contributed by atoms with Crippen LogP contribution in [0, 0.1) is 23.5 Å². The quantitative estimate of drug-likeness (QED) is 0.163. The van der Waals surface area contributed by atoms with E-state index in [2.05, 4.69) is 185 Å². The molecule has 1 heteroatoms. The summed E-state index contributed by atoms with van der Waals surface area (Å²) in [5.41, 5.74) is 14.6. The first-order valence-electron chi connectivity index (χ1n) is 17.8. The van der Waals surface area contributed by atoms with Gasteiger partial charge < -0.3 is 0 Å². The molecule has 0 amide bonds. The second-order valence-corrected chi connectivity index (χ2v) is 17.5. The van der Waals surface area contributed by atoms with Crippen molar-refractivity contribution in [2.75, 3.05) is 0 Å². The van der Waals surface area contributed by atoms with Gasteiger partial charge in [0, 0.05) is 0 Å². The van der Waals surface area contributed by atoms with E-state index in [9.17, 15) is 0 Å². The third-order valence-corrected chi connectivity index (χ3v) is 10.7. The van der Waals surface area contributed by atoms with Crippen LogP contribution >= 0.6 is 0 Å². The van der Waals surface area contributed by atoms with Gasteiger partial charge in [-0.15, -0.1) is 11.1 Å². The van der Waals surface area contributed by atoms with Crippen molar-refractivity contribution in [2.24, 2.45) is 11.3 Å². The molecule has 248 valence electrons. The first kappa shape index (κ1) is 37.9. The molecule has 48 heavy (non-hydrogen) atoms. The Hall–Kier alpha value is -2.89. The molecule has 6 rings (SSSR count). The maximum atomic E-state index is 3.67. The molecule has 0 bridgehead atoms. The summed E-state index contributed by atoms with van der Waals surface area (Å²) in [6.45, 7) is 24.9. The normalized spacial score (nSPS) is 15.2. The minimum absolute atomic E-state index is 0.167. The van der Waals surface area contributed by atoms with Gasteiger partial charge in [0.25, 0.3) is 0 Å². The molecule has 0 spiro atoms. The van der Waals surface area contributed by atoms with Crippen molar-refractivity contribution in [1.82, 2.24) is 0 Å². The third-order valence-electron chi connectivity index (χ3n) is 9.24. The Bertz CT molecular complexity index is 1640. The van der Waals surface area contributed by atoms with E-state index in [-0.39, 0.29) is 10.8 Å².